The Kier molecular flexibility index (Phi) is 8.39. The highest BCUT2D eigenvalue weighted by Crippen LogP contribution is 2.11. The van der Waals surface area contributed by atoms with Gasteiger partial charge in [-0.05, 0) is 37.1 Å². The highest BCUT2D eigenvalue weighted by Gasteiger charge is 2.25. The molecular formula is C22H29N3O4S. The van der Waals surface area contributed by atoms with Gasteiger partial charge in [0.15, 0.2) is 0 Å². The molecule has 2 aromatic carbocycles. The molecule has 0 bridgehead atoms. The van der Waals surface area contributed by atoms with Gasteiger partial charge in [-0.2, -0.15) is 4.72 Å². The molecule has 0 saturated carbocycles. The van der Waals surface area contributed by atoms with E-state index in [4.69, 9.17) is 4.74 Å². The van der Waals surface area contributed by atoms with E-state index in [2.05, 4.69) is 14.9 Å². The fourth-order valence-corrected chi connectivity index (χ4v) is 4.57. The smallest absolute Gasteiger partial charge is 0.241 e. The minimum Gasteiger partial charge on any atom is -0.379 e. The number of carbonyl (C=O) groups is 1. The van der Waals surface area contributed by atoms with Gasteiger partial charge in [-0.25, -0.2) is 8.42 Å². The summed E-state index contributed by atoms with van der Waals surface area (Å²) in [7, 11) is -3.81. The molecule has 2 aromatic rings. The molecule has 1 saturated heterocycles. The van der Waals surface area contributed by atoms with Gasteiger partial charge in [0.2, 0.25) is 15.9 Å². The molecule has 1 atom stereocenters. The Balaban J connectivity index is 1.60. The molecule has 0 aromatic heterocycles. The first-order valence-electron chi connectivity index (χ1n) is 10.2. The second-order valence-corrected chi connectivity index (χ2v) is 8.99. The van der Waals surface area contributed by atoms with Crippen LogP contribution in [-0.2, 0) is 26.0 Å². The van der Waals surface area contributed by atoms with Crippen LogP contribution in [0.15, 0.2) is 65.6 Å². The average Bonchev–Trinajstić information content (AvgIpc) is 2.78. The minimum atomic E-state index is -3.81. The second-order valence-electron chi connectivity index (χ2n) is 7.28. The third kappa shape index (κ3) is 6.91. The highest BCUT2D eigenvalue weighted by atomic mass is 32.2. The van der Waals surface area contributed by atoms with E-state index in [9.17, 15) is 13.2 Å². The molecule has 0 radical (unpaired) electrons. The zero-order valence-electron chi connectivity index (χ0n) is 17.0. The fourth-order valence-electron chi connectivity index (χ4n) is 3.35. The summed E-state index contributed by atoms with van der Waals surface area (Å²) in [5, 5.41) is 2.89. The SMILES string of the molecule is O=C(NCCCN1CCOCC1)[C@@H](Cc1ccccc1)NS(=O)(=O)c1ccccc1. The summed E-state index contributed by atoms with van der Waals surface area (Å²) in [6.07, 6.45) is 1.08. The number of ether oxygens (including phenoxy) is 1. The molecule has 3 rings (SSSR count). The predicted molar refractivity (Wildman–Crippen MR) is 116 cm³/mol. The van der Waals surface area contributed by atoms with Gasteiger partial charge >= 0.3 is 0 Å². The molecule has 30 heavy (non-hydrogen) atoms. The van der Waals surface area contributed by atoms with Gasteiger partial charge in [0.25, 0.3) is 0 Å². The Hall–Kier alpha value is -2.26. The van der Waals surface area contributed by atoms with Crippen molar-refractivity contribution in [1.29, 1.82) is 0 Å². The topological polar surface area (TPSA) is 87.7 Å². The van der Waals surface area contributed by atoms with Crippen molar-refractivity contribution in [3.8, 4) is 0 Å². The van der Waals surface area contributed by atoms with Crippen LogP contribution in [0.3, 0.4) is 0 Å². The van der Waals surface area contributed by atoms with Crippen LogP contribution in [-0.4, -0.2) is 64.7 Å². The van der Waals surface area contributed by atoms with Crippen LogP contribution in [0, 0.1) is 0 Å². The average molecular weight is 432 g/mol. The Bertz CT molecular complexity index is 885. The van der Waals surface area contributed by atoms with Gasteiger partial charge in [0.1, 0.15) is 6.04 Å². The number of benzene rings is 2. The van der Waals surface area contributed by atoms with Gasteiger partial charge in [0, 0.05) is 19.6 Å². The number of hydrogen-bond acceptors (Lipinski definition) is 5. The first-order chi connectivity index (χ1) is 14.5. The summed E-state index contributed by atoms with van der Waals surface area (Å²) in [5.41, 5.74) is 0.890. The Morgan fingerprint density at radius 2 is 1.63 bits per heavy atom. The Morgan fingerprint density at radius 3 is 2.30 bits per heavy atom. The van der Waals surface area contributed by atoms with Crippen molar-refractivity contribution < 1.29 is 17.9 Å². The molecular weight excluding hydrogens is 402 g/mol. The standard InChI is InChI=1S/C22H29N3O4S/c26-22(23-12-7-13-25-14-16-29-17-15-25)21(18-19-8-3-1-4-9-19)24-30(27,28)20-10-5-2-6-11-20/h1-6,8-11,21,24H,7,12-18H2,(H,23,26)/t21-/m1/s1. The molecule has 162 valence electrons. The lowest BCUT2D eigenvalue weighted by Crippen LogP contribution is -2.48. The zero-order chi connectivity index (χ0) is 21.2. The predicted octanol–water partition coefficient (Wildman–Crippen LogP) is 1.41. The number of sulfonamides is 1. The number of rotatable bonds is 10. The molecule has 2 N–H and O–H groups in total. The van der Waals surface area contributed by atoms with Gasteiger partial charge in [-0.3, -0.25) is 9.69 Å². The molecule has 0 aliphatic carbocycles. The lowest BCUT2D eigenvalue weighted by Gasteiger charge is -2.26. The maximum absolute atomic E-state index is 12.8. The number of morpholine rings is 1. The van der Waals surface area contributed by atoms with Gasteiger partial charge in [-0.1, -0.05) is 48.5 Å². The first-order valence-corrected chi connectivity index (χ1v) is 11.7. The van der Waals surface area contributed by atoms with Crippen molar-refractivity contribution in [2.24, 2.45) is 0 Å². The van der Waals surface area contributed by atoms with Crippen LogP contribution in [0.5, 0.6) is 0 Å². The monoisotopic (exact) mass is 431 g/mol. The van der Waals surface area contributed by atoms with Crippen molar-refractivity contribution in [3.05, 3.63) is 66.2 Å². The van der Waals surface area contributed by atoms with E-state index in [0.29, 0.717) is 6.54 Å². The molecule has 0 unspecified atom stereocenters. The van der Waals surface area contributed by atoms with Gasteiger partial charge in [0.05, 0.1) is 18.1 Å². The normalized spacial score (nSPS) is 16.1. The second kappa shape index (κ2) is 11.2. The molecule has 1 fully saturated rings. The summed E-state index contributed by atoms with van der Waals surface area (Å²) in [5.74, 6) is -0.319. The summed E-state index contributed by atoms with van der Waals surface area (Å²) < 4.78 is 33.4. The first kappa shape index (κ1) is 22.4. The Morgan fingerprint density at radius 1 is 1.00 bits per heavy atom. The van der Waals surface area contributed by atoms with E-state index < -0.39 is 16.1 Å². The van der Waals surface area contributed by atoms with Crippen molar-refractivity contribution >= 4 is 15.9 Å². The molecule has 1 aliphatic rings. The van der Waals surface area contributed by atoms with Gasteiger partial charge in [-0.15, -0.1) is 0 Å². The number of carbonyl (C=O) groups excluding carboxylic acids is 1. The molecule has 0 spiro atoms. The summed E-state index contributed by atoms with van der Waals surface area (Å²) in [6.45, 7) is 4.67. The van der Waals surface area contributed by atoms with E-state index in [0.717, 1.165) is 44.8 Å². The third-order valence-corrected chi connectivity index (χ3v) is 6.49. The zero-order valence-corrected chi connectivity index (χ0v) is 17.8. The summed E-state index contributed by atoms with van der Waals surface area (Å²) in [4.78, 5) is 15.3. The number of hydrogen-bond donors (Lipinski definition) is 2. The number of nitrogens with one attached hydrogen (secondary N) is 2. The fraction of sp³-hybridized carbons (Fsp3) is 0.409. The van der Waals surface area contributed by atoms with E-state index >= 15 is 0 Å². The summed E-state index contributed by atoms with van der Waals surface area (Å²) >= 11 is 0. The van der Waals surface area contributed by atoms with Crippen LogP contribution >= 0.6 is 0 Å². The maximum Gasteiger partial charge on any atom is 0.241 e. The lowest BCUT2D eigenvalue weighted by atomic mass is 10.1. The van der Waals surface area contributed by atoms with Crippen LogP contribution in [0.1, 0.15) is 12.0 Å². The van der Waals surface area contributed by atoms with E-state index in [-0.39, 0.29) is 17.2 Å². The van der Waals surface area contributed by atoms with Crippen LogP contribution in [0.4, 0.5) is 0 Å². The van der Waals surface area contributed by atoms with E-state index in [1.54, 1.807) is 18.2 Å². The van der Waals surface area contributed by atoms with E-state index in [1.807, 2.05) is 30.3 Å². The van der Waals surface area contributed by atoms with Crippen LogP contribution in [0.25, 0.3) is 0 Å². The third-order valence-electron chi connectivity index (χ3n) is 5.00. The van der Waals surface area contributed by atoms with Crippen molar-refractivity contribution in [2.75, 3.05) is 39.4 Å². The van der Waals surface area contributed by atoms with Gasteiger partial charge < -0.3 is 10.1 Å². The van der Waals surface area contributed by atoms with Crippen molar-refractivity contribution in [1.82, 2.24) is 14.9 Å². The minimum absolute atomic E-state index is 0.142. The van der Waals surface area contributed by atoms with Crippen molar-refractivity contribution in [2.45, 2.75) is 23.8 Å². The quantitative estimate of drug-likeness (QED) is 0.556. The summed E-state index contributed by atoms with van der Waals surface area (Å²) in [6, 6.07) is 16.6. The van der Waals surface area contributed by atoms with E-state index in [1.165, 1.54) is 12.1 Å². The Labute approximate surface area is 178 Å². The number of amides is 1. The maximum atomic E-state index is 12.8. The van der Waals surface area contributed by atoms with Crippen LogP contribution < -0.4 is 10.0 Å². The number of nitrogens with zero attached hydrogens (tertiary/aromatic N) is 1. The molecule has 7 nitrogen and oxygen atoms in total. The molecule has 8 heteroatoms. The van der Waals surface area contributed by atoms with Crippen molar-refractivity contribution in [3.63, 3.8) is 0 Å². The lowest BCUT2D eigenvalue weighted by molar-refractivity contribution is -0.122. The molecule has 1 amide bonds. The highest BCUT2D eigenvalue weighted by molar-refractivity contribution is 7.89. The molecule has 1 heterocycles. The largest absolute Gasteiger partial charge is 0.379 e. The van der Waals surface area contributed by atoms with Crippen LogP contribution in [0.2, 0.25) is 0 Å². The molecule has 1 aliphatic heterocycles.